The fraction of sp³-hybridized carbons (Fsp3) is 0.0597. The average Bonchev–Trinajstić information content (AvgIpc) is 4.22. The standard InChI is InChI=1S/C67H44N7.Ir/c1-3-13-48(14-4-1)49-27-29-50(30-28-49)57-36-61(51-15-5-2-6-16-51)70-39-60(57)54-18-8-7-17-53(54)52-32-44(23-25-46-34-58-64-40-68-42-73(64)62-21-11-9-19-55(62)66(58)71-37-46)31-45(33-52)24-26-47-35-59-65-41-69-43-74(65)63-22-12-10-20-56(63)67(59)72-38-47;/h1-15,17-18,21-22,27-43H,23-26H2;/q-3;+3. The summed E-state index contributed by atoms with van der Waals surface area (Å²) in [6.45, 7) is 0. The molecule has 14 aromatic rings. The van der Waals surface area contributed by atoms with E-state index < -0.39 is 0 Å². The van der Waals surface area contributed by atoms with E-state index in [9.17, 15) is 0 Å². The molecule has 0 fully saturated rings. The van der Waals surface area contributed by atoms with Crippen LogP contribution in [0.25, 0.3) is 110 Å². The Bertz CT molecular complexity index is 4260. The van der Waals surface area contributed by atoms with Crippen LogP contribution in [0.2, 0.25) is 0 Å². The first-order valence-electron chi connectivity index (χ1n) is 25.1. The number of fused-ring (bicyclic) bond motifs is 12. The molecule has 7 aromatic heterocycles. The molecule has 0 atom stereocenters. The molecular formula is C67H44IrN7. The number of aryl methyl sites for hydroxylation is 4. The SMILES string of the molecule is [Ir+3].[c-]1ccccc1-c1cc(-c2ccc(-c3ccccc3)cc2)c(-c2ccccc2-c2cc(CCc3cnc4c5[c-]cccc5n5cncc5c4c3)cc(CCc3cnc4c5[c-]cccc5n5cncc5c4c3)c2)cn1. The van der Waals surface area contributed by atoms with Gasteiger partial charge in [-0.05, 0) is 125 Å². The zero-order chi connectivity index (χ0) is 49.0. The molecule has 7 nitrogen and oxygen atoms in total. The fourth-order valence-electron chi connectivity index (χ4n) is 10.9. The number of hydrogen-bond acceptors (Lipinski definition) is 5. The van der Waals surface area contributed by atoms with E-state index in [-0.39, 0.29) is 20.1 Å². The van der Waals surface area contributed by atoms with Crippen LogP contribution in [0.3, 0.4) is 0 Å². The molecule has 0 saturated carbocycles. The molecule has 7 aromatic carbocycles. The topological polar surface area (TPSA) is 73.3 Å². The van der Waals surface area contributed by atoms with Gasteiger partial charge in [-0.15, -0.1) is 95.2 Å². The van der Waals surface area contributed by atoms with Crippen molar-refractivity contribution in [2.75, 3.05) is 0 Å². The number of aromatic nitrogens is 7. The Kier molecular flexibility index (Phi) is 11.9. The van der Waals surface area contributed by atoms with Crippen LogP contribution >= 0.6 is 0 Å². The summed E-state index contributed by atoms with van der Waals surface area (Å²) >= 11 is 0. The smallest absolute Gasteiger partial charge is 0.342 e. The third-order valence-electron chi connectivity index (χ3n) is 14.6. The molecule has 0 aliphatic rings. The molecule has 0 radical (unpaired) electrons. The van der Waals surface area contributed by atoms with Crippen LogP contribution in [0.4, 0.5) is 0 Å². The molecule has 0 saturated heterocycles. The molecular weight excluding hydrogens is 1100 g/mol. The number of pyridine rings is 5. The number of hydrogen-bond donors (Lipinski definition) is 0. The predicted octanol–water partition coefficient (Wildman–Crippen LogP) is 15.1. The third kappa shape index (κ3) is 8.44. The summed E-state index contributed by atoms with van der Waals surface area (Å²) in [5.74, 6) is 0. The van der Waals surface area contributed by atoms with E-state index in [2.05, 4.69) is 177 Å². The molecule has 356 valence electrons. The minimum Gasteiger partial charge on any atom is -0.342 e. The van der Waals surface area contributed by atoms with Gasteiger partial charge in [-0.3, -0.25) is 0 Å². The van der Waals surface area contributed by atoms with Gasteiger partial charge < -0.3 is 23.8 Å². The molecule has 0 spiro atoms. The van der Waals surface area contributed by atoms with Crippen molar-refractivity contribution in [3.63, 3.8) is 0 Å². The minimum absolute atomic E-state index is 0. The van der Waals surface area contributed by atoms with Crippen LogP contribution in [-0.2, 0) is 45.8 Å². The maximum absolute atomic E-state index is 5.12. The molecule has 0 aliphatic heterocycles. The Labute approximate surface area is 447 Å². The van der Waals surface area contributed by atoms with Gasteiger partial charge in [0.25, 0.3) is 0 Å². The summed E-state index contributed by atoms with van der Waals surface area (Å²) in [7, 11) is 0. The van der Waals surface area contributed by atoms with Gasteiger partial charge in [0.05, 0.1) is 36.1 Å². The number of nitrogens with zero attached hydrogens (tertiary/aromatic N) is 7. The molecule has 14 rings (SSSR count). The van der Waals surface area contributed by atoms with Gasteiger partial charge in [-0.25, -0.2) is 9.97 Å². The first kappa shape index (κ1) is 45.9. The summed E-state index contributed by atoms with van der Waals surface area (Å²) in [6, 6.07) is 72.8. The van der Waals surface area contributed by atoms with E-state index >= 15 is 0 Å². The summed E-state index contributed by atoms with van der Waals surface area (Å²) in [4.78, 5) is 24.4. The van der Waals surface area contributed by atoms with Crippen molar-refractivity contribution in [1.82, 2.24) is 33.7 Å². The van der Waals surface area contributed by atoms with Gasteiger partial charge in [0.15, 0.2) is 0 Å². The Morgan fingerprint density at radius 3 is 1.52 bits per heavy atom. The van der Waals surface area contributed by atoms with Crippen molar-refractivity contribution in [3.8, 4) is 55.8 Å². The van der Waals surface area contributed by atoms with Gasteiger partial charge in [0, 0.05) is 24.2 Å². The quantitative estimate of drug-likeness (QED) is 0.0953. The molecule has 0 aliphatic carbocycles. The summed E-state index contributed by atoms with van der Waals surface area (Å²) in [5.41, 5.74) is 21.9. The van der Waals surface area contributed by atoms with E-state index in [0.29, 0.717) is 0 Å². The van der Waals surface area contributed by atoms with E-state index in [4.69, 9.17) is 15.0 Å². The van der Waals surface area contributed by atoms with Crippen LogP contribution < -0.4 is 0 Å². The van der Waals surface area contributed by atoms with Gasteiger partial charge in [0.1, 0.15) is 0 Å². The van der Waals surface area contributed by atoms with Crippen molar-refractivity contribution in [2.24, 2.45) is 0 Å². The molecule has 0 N–H and O–H groups in total. The van der Waals surface area contributed by atoms with Crippen LogP contribution in [0.15, 0.2) is 220 Å². The minimum atomic E-state index is 0. The van der Waals surface area contributed by atoms with Crippen LogP contribution in [0.5, 0.6) is 0 Å². The van der Waals surface area contributed by atoms with Crippen molar-refractivity contribution >= 4 is 54.6 Å². The Morgan fingerprint density at radius 2 is 0.907 bits per heavy atom. The zero-order valence-electron chi connectivity index (χ0n) is 40.6. The fourth-order valence-corrected chi connectivity index (χ4v) is 10.9. The maximum atomic E-state index is 5.12. The van der Waals surface area contributed by atoms with E-state index in [1.54, 1.807) is 0 Å². The van der Waals surface area contributed by atoms with Gasteiger partial charge in [-0.2, -0.15) is 0 Å². The van der Waals surface area contributed by atoms with Gasteiger partial charge >= 0.3 is 20.1 Å². The number of benzene rings is 7. The first-order chi connectivity index (χ1) is 36.7. The van der Waals surface area contributed by atoms with Crippen molar-refractivity contribution in [2.45, 2.75) is 25.7 Å². The molecule has 75 heavy (non-hydrogen) atoms. The second-order valence-electron chi connectivity index (χ2n) is 19.1. The Hall–Kier alpha value is -8.94. The predicted molar refractivity (Wildman–Crippen MR) is 299 cm³/mol. The average molecular weight is 1140 g/mol. The Morgan fingerprint density at radius 1 is 0.360 bits per heavy atom. The van der Waals surface area contributed by atoms with E-state index in [1.807, 2.05) is 79.9 Å². The van der Waals surface area contributed by atoms with Gasteiger partial charge in [-0.1, -0.05) is 115 Å². The monoisotopic (exact) mass is 1140 g/mol. The summed E-state index contributed by atoms with van der Waals surface area (Å²) in [5, 5.41) is 4.15. The molecule has 0 unspecified atom stereocenters. The normalized spacial score (nSPS) is 11.6. The van der Waals surface area contributed by atoms with Gasteiger partial charge in [0.2, 0.25) is 0 Å². The summed E-state index contributed by atoms with van der Waals surface area (Å²) in [6.07, 6.45) is 17.1. The molecule has 8 heteroatoms. The molecule has 0 bridgehead atoms. The zero-order valence-corrected chi connectivity index (χ0v) is 43.0. The summed E-state index contributed by atoms with van der Waals surface area (Å²) < 4.78 is 4.29. The van der Waals surface area contributed by atoms with Crippen LogP contribution in [0, 0.1) is 18.2 Å². The second kappa shape index (κ2) is 19.5. The molecule has 7 heterocycles. The second-order valence-corrected chi connectivity index (χ2v) is 19.1. The van der Waals surface area contributed by atoms with Crippen molar-refractivity contribution < 1.29 is 20.1 Å². The number of rotatable bonds is 11. The first-order valence-corrected chi connectivity index (χ1v) is 25.1. The molecule has 0 amide bonds. The van der Waals surface area contributed by atoms with Crippen molar-refractivity contribution in [3.05, 3.63) is 260 Å². The largest absolute Gasteiger partial charge is 3.00 e. The third-order valence-corrected chi connectivity index (χ3v) is 14.6. The van der Waals surface area contributed by atoms with Crippen LogP contribution in [-0.4, -0.2) is 33.7 Å². The Balaban J connectivity index is 0.00000541. The van der Waals surface area contributed by atoms with Crippen molar-refractivity contribution in [1.29, 1.82) is 0 Å². The van der Waals surface area contributed by atoms with Crippen LogP contribution in [0.1, 0.15) is 22.3 Å². The van der Waals surface area contributed by atoms with E-state index in [0.717, 1.165) is 125 Å². The van der Waals surface area contributed by atoms with E-state index in [1.165, 1.54) is 33.4 Å². The maximum Gasteiger partial charge on any atom is 3.00 e. The number of imidazole rings is 2.